The predicted molar refractivity (Wildman–Crippen MR) is 88.6 cm³/mol. The Hall–Kier alpha value is -1.06. The fraction of sp³-hybridized carbons (Fsp3) is 0.667. The molecule has 1 aromatic rings. The average Bonchev–Trinajstić information content (AvgIpc) is 2.40. The maximum Gasteiger partial charge on any atom is 0.119 e. The van der Waals surface area contributed by atoms with Gasteiger partial charge in [0.05, 0.1) is 6.10 Å². The Labute approximate surface area is 129 Å². The molecule has 21 heavy (non-hydrogen) atoms. The van der Waals surface area contributed by atoms with Gasteiger partial charge in [0, 0.05) is 19.1 Å². The lowest BCUT2D eigenvalue weighted by Gasteiger charge is -2.42. The molecule has 3 nitrogen and oxygen atoms in total. The lowest BCUT2D eigenvalue weighted by Crippen LogP contribution is -2.44. The molecule has 1 aromatic carbocycles. The molecule has 0 radical (unpaired) electrons. The largest absolute Gasteiger partial charge is 0.491 e. The first-order valence-electron chi connectivity index (χ1n) is 8.12. The molecular weight excluding hydrogens is 260 g/mol. The maximum absolute atomic E-state index is 6.07. The number of ether oxygens (including phenoxy) is 1. The molecule has 2 rings (SSSR count). The van der Waals surface area contributed by atoms with Crippen molar-refractivity contribution in [3.63, 3.8) is 0 Å². The second-order valence-electron chi connectivity index (χ2n) is 7.23. The SMILES string of the molecule is CC(C)Oc1ccc(C(CN)N2CCCC(C)(C)C2)cc1. The standard InChI is InChI=1S/C18H30N2O/c1-14(2)21-16-8-6-15(7-9-16)17(12-19)20-11-5-10-18(3,4)13-20/h6-9,14,17H,5,10-13,19H2,1-4H3. The summed E-state index contributed by atoms with van der Waals surface area (Å²) in [4.78, 5) is 2.54. The van der Waals surface area contributed by atoms with Crippen LogP contribution in [0.3, 0.4) is 0 Å². The lowest BCUT2D eigenvalue weighted by atomic mass is 9.83. The van der Waals surface area contributed by atoms with E-state index in [0.717, 1.165) is 18.8 Å². The fourth-order valence-corrected chi connectivity index (χ4v) is 3.27. The minimum atomic E-state index is 0.212. The molecule has 0 aromatic heterocycles. The summed E-state index contributed by atoms with van der Waals surface area (Å²) in [5.41, 5.74) is 7.76. The molecule has 1 atom stereocenters. The third-order valence-corrected chi connectivity index (χ3v) is 4.23. The van der Waals surface area contributed by atoms with Crippen LogP contribution < -0.4 is 10.5 Å². The molecule has 0 aliphatic carbocycles. The Morgan fingerprint density at radius 2 is 1.90 bits per heavy atom. The van der Waals surface area contributed by atoms with Gasteiger partial charge in [0.2, 0.25) is 0 Å². The van der Waals surface area contributed by atoms with E-state index in [1.807, 2.05) is 13.8 Å². The molecular formula is C18H30N2O. The summed E-state index contributed by atoms with van der Waals surface area (Å²) < 4.78 is 5.72. The van der Waals surface area contributed by atoms with Crippen molar-refractivity contribution in [2.24, 2.45) is 11.1 Å². The highest BCUT2D eigenvalue weighted by molar-refractivity contribution is 5.29. The van der Waals surface area contributed by atoms with E-state index < -0.39 is 0 Å². The van der Waals surface area contributed by atoms with Gasteiger partial charge in [-0.05, 0) is 56.3 Å². The van der Waals surface area contributed by atoms with Crippen molar-refractivity contribution in [1.29, 1.82) is 0 Å². The molecule has 1 unspecified atom stereocenters. The van der Waals surface area contributed by atoms with Crippen LogP contribution in [0.2, 0.25) is 0 Å². The van der Waals surface area contributed by atoms with Crippen LogP contribution in [0.15, 0.2) is 24.3 Å². The van der Waals surface area contributed by atoms with Crippen molar-refractivity contribution in [3.05, 3.63) is 29.8 Å². The van der Waals surface area contributed by atoms with E-state index >= 15 is 0 Å². The molecule has 1 aliphatic heterocycles. The van der Waals surface area contributed by atoms with Gasteiger partial charge >= 0.3 is 0 Å². The highest BCUT2D eigenvalue weighted by Gasteiger charge is 2.30. The second-order valence-corrected chi connectivity index (χ2v) is 7.23. The molecule has 3 heteroatoms. The number of hydrogen-bond acceptors (Lipinski definition) is 3. The van der Waals surface area contributed by atoms with Gasteiger partial charge in [-0.25, -0.2) is 0 Å². The summed E-state index contributed by atoms with van der Waals surface area (Å²) >= 11 is 0. The number of nitrogens with zero attached hydrogens (tertiary/aromatic N) is 1. The van der Waals surface area contributed by atoms with E-state index in [0.29, 0.717) is 18.0 Å². The van der Waals surface area contributed by atoms with Gasteiger partial charge in [0.15, 0.2) is 0 Å². The molecule has 0 bridgehead atoms. The number of hydrogen-bond donors (Lipinski definition) is 1. The maximum atomic E-state index is 6.07. The third-order valence-electron chi connectivity index (χ3n) is 4.23. The van der Waals surface area contributed by atoms with Crippen molar-refractivity contribution in [2.75, 3.05) is 19.6 Å². The summed E-state index contributed by atoms with van der Waals surface area (Å²) in [6, 6.07) is 8.77. The van der Waals surface area contributed by atoms with Crippen LogP contribution in [0.1, 0.15) is 52.1 Å². The van der Waals surface area contributed by atoms with Crippen LogP contribution in [0.5, 0.6) is 5.75 Å². The highest BCUT2D eigenvalue weighted by atomic mass is 16.5. The molecule has 1 aliphatic rings. The van der Waals surface area contributed by atoms with Crippen molar-refractivity contribution >= 4 is 0 Å². The van der Waals surface area contributed by atoms with E-state index in [4.69, 9.17) is 10.5 Å². The molecule has 0 saturated carbocycles. The van der Waals surface area contributed by atoms with E-state index in [-0.39, 0.29) is 6.10 Å². The van der Waals surface area contributed by atoms with Crippen LogP contribution in [-0.2, 0) is 0 Å². The van der Waals surface area contributed by atoms with Gasteiger partial charge in [0.1, 0.15) is 5.75 Å². The van der Waals surface area contributed by atoms with Crippen molar-refractivity contribution in [2.45, 2.75) is 52.7 Å². The summed E-state index contributed by atoms with van der Waals surface area (Å²) in [6.45, 7) is 11.7. The first kappa shape index (κ1) is 16.3. The molecule has 1 heterocycles. The van der Waals surface area contributed by atoms with E-state index in [2.05, 4.69) is 43.0 Å². The predicted octanol–water partition coefficient (Wildman–Crippen LogP) is 3.60. The zero-order chi connectivity index (χ0) is 15.5. The van der Waals surface area contributed by atoms with Gasteiger partial charge in [-0.3, -0.25) is 4.90 Å². The van der Waals surface area contributed by atoms with Crippen LogP contribution >= 0.6 is 0 Å². The number of nitrogens with two attached hydrogens (primary N) is 1. The molecule has 2 N–H and O–H groups in total. The minimum absolute atomic E-state index is 0.212. The molecule has 1 fully saturated rings. The Bertz CT molecular complexity index is 439. The number of likely N-dealkylation sites (tertiary alicyclic amines) is 1. The smallest absolute Gasteiger partial charge is 0.119 e. The topological polar surface area (TPSA) is 38.5 Å². The van der Waals surface area contributed by atoms with Crippen LogP contribution in [-0.4, -0.2) is 30.6 Å². The summed E-state index contributed by atoms with van der Waals surface area (Å²) in [5, 5.41) is 0. The number of rotatable bonds is 5. The van der Waals surface area contributed by atoms with Crippen molar-refractivity contribution < 1.29 is 4.74 Å². The van der Waals surface area contributed by atoms with Crippen LogP contribution in [0.4, 0.5) is 0 Å². The Morgan fingerprint density at radius 1 is 1.24 bits per heavy atom. The molecule has 118 valence electrons. The van der Waals surface area contributed by atoms with Crippen LogP contribution in [0, 0.1) is 5.41 Å². The van der Waals surface area contributed by atoms with E-state index in [1.54, 1.807) is 0 Å². The molecule has 1 saturated heterocycles. The Morgan fingerprint density at radius 3 is 2.43 bits per heavy atom. The zero-order valence-electron chi connectivity index (χ0n) is 13.9. The number of piperidine rings is 1. The highest BCUT2D eigenvalue weighted by Crippen LogP contribution is 2.33. The average molecular weight is 290 g/mol. The number of benzene rings is 1. The van der Waals surface area contributed by atoms with Gasteiger partial charge in [0.25, 0.3) is 0 Å². The minimum Gasteiger partial charge on any atom is -0.491 e. The monoisotopic (exact) mass is 290 g/mol. The summed E-state index contributed by atoms with van der Waals surface area (Å²) in [6.07, 6.45) is 2.78. The van der Waals surface area contributed by atoms with E-state index in [9.17, 15) is 0 Å². The normalized spacial score (nSPS) is 20.5. The zero-order valence-corrected chi connectivity index (χ0v) is 13.9. The van der Waals surface area contributed by atoms with E-state index in [1.165, 1.54) is 18.4 Å². The Balaban J connectivity index is 2.10. The first-order valence-corrected chi connectivity index (χ1v) is 8.12. The van der Waals surface area contributed by atoms with Gasteiger partial charge in [-0.1, -0.05) is 26.0 Å². The van der Waals surface area contributed by atoms with Gasteiger partial charge < -0.3 is 10.5 Å². The van der Waals surface area contributed by atoms with Crippen molar-refractivity contribution in [1.82, 2.24) is 4.90 Å². The first-order chi connectivity index (χ1) is 9.91. The quantitative estimate of drug-likeness (QED) is 0.900. The van der Waals surface area contributed by atoms with Gasteiger partial charge in [-0.2, -0.15) is 0 Å². The van der Waals surface area contributed by atoms with Gasteiger partial charge in [-0.15, -0.1) is 0 Å². The molecule has 0 amide bonds. The Kier molecular flexibility index (Phi) is 5.28. The van der Waals surface area contributed by atoms with Crippen LogP contribution in [0.25, 0.3) is 0 Å². The lowest BCUT2D eigenvalue weighted by molar-refractivity contribution is 0.0806. The fourth-order valence-electron chi connectivity index (χ4n) is 3.27. The third kappa shape index (κ3) is 4.45. The molecule has 0 spiro atoms. The van der Waals surface area contributed by atoms with Crippen molar-refractivity contribution in [3.8, 4) is 5.75 Å². The second kappa shape index (κ2) is 6.80. The summed E-state index contributed by atoms with van der Waals surface area (Å²) in [7, 11) is 0. The summed E-state index contributed by atoms with van der Waals surface area (Å²) in [5.74, 6) is 0.934.